The molecule has 1 unspecified atom stereocenters. The molecule has 1 fully saturated rings. The summed E-state index contributed by atoms with van der Waals surface area (Å²) in [5, 5.41) is 5.33. The minimum Gasteiger partial charge on any atom is -0.378 e. The van der Waals surface area contributed by atoms with Crippen LogP contribution in [0, 0.1) is 0 Å². The molecule has 1 N–H and O–H groups in total. The van der Waals surface area contributed by atoms with Crippen LogP contribution in [0.25, 0.3) is 0 Å². The SMILES string of the molecule is COCc1nc(N2CCSC(C)C2)sc1CNC(C)C. The van der Waals surface area contributed by atoms with Crippen LogP contribution in [0.1, 0.15) is 31.3 Å². The van der Waals surface area contributed by atoms with Crippen molar-refractivity contribution in [3.8, 4) is 0 Å². The average Bonchev–Trinajstić information content (AvgIpc) is 2.80. The topological polar surface area (TPSA) is 37.4 Å². The molecule has 4 nitrogen and oxygen atoms in total. The van der Waals surface area contributed by atoms with E-state index < -0.39 is 0 Å². The number of anilines is 1. The molecule has 0 amide bonds. The number of thioether (sulfide) groups is 1. The van der Waals surface area contributed by atoms with Gasteiger partial charge < -0.3 is 15.0 Å². The van der Waals surface area contributed by atoms with Crippen LogP contribution in [0.5, 0.6) is 0 Å². The summed E-state index contributed by atoms with van der Waals surface area (Å²) in [7, 11) is 1.73. The molecule has 1 aliphatic rings. The van der Waals surface area contributed by atoms with Gasteiger partial charge in [0.1, 0.15) is 0 Å². The van der Waals surface area contributed by atoms with Crippen LogP contribution < -0.4 is 10.2 Å². The van der Waals surface area contributed by atoms with Crippen LogP contribution in [-0.2, 0) is 17.9 Å². The first-order chi connectivity index (χ1) is 9.60. The smallest absolute Gasteiger partial charge is 0.185 e. The number of hydrogen-bond acceptors (Lipinski definition) is 6. The Balaban J connectivity index is 2.10. The first-order valence-corrected chi connectivity index (χ1v) is 9.04. The van der Waals surface area contributed by atoms with Gasteiger partial charge in [-0.3, -0.25) is 0 Å². The molecule has 2 heterocycles. The van der Waals surface area contributed by atoms with Crippen molar-refractivity contribution in [2.45, 2.75) is 45.2 Å². The average molecular weight is 316 g/mol. The Hall–Kier alpha value is -0.300. The molecule has 1 aromatic rings. The van der Waals surface area contributed by atoms with E-state index in [2.05, 4.69) is 42.7 Å². The zero-order chi connectivity index (χ0) is 14.5. The lowest BCUT2D eigenvalue weighted by atomic mass is 10.3. The Morgan fingerprint density at radius 3 is 2.95 bits per heavy atom. The van der Waals surface area contributed by atoms with Crippen molar-refractivity contribution in [3.05, 3.63) is 10.6 Å². The zero-order valence-electron chi connectivity index (χ0n) is 12.8. The highest BCUT2D eigenvalue weighted by Gasteiger charge is 2.21. The molecule has 0 saturated carbocycles. The third-order valence-corrected chi connectivity index (χ3v) is 5.53. The molecule has 1 aromatic heterocycles. The number of rotatable bonds is 6. The fraction of sp³-hybridized carbons (Fsp3) is 0.786. The Labute approximate surface area is 130 Å². The van der Waals surface area contributed by atoms with E-state index in [1.807, 2.05) is 11.3 Å². The minimum absolute atomic E-state index is 0.488. The monoisotopic (exact) mass is 315 g/mol. The third kappa shape index (κ3) is 4.35. The Bertz CT molecular complexity index is 423. The van der Waals surface area contributed by atoms with Gasteiger partial charge in [-0.1, -0.05) is 20.8 Å². The second-order valence-electron chi connectivity index (χ2n) is 5.46. The standard InChI is InChI=1S/C14H25N3OS2/c1-10(2)15-7-13-12(9-18-4)16-14(20-13)17-5-6-19-11(3)8-17/h10-11,15H,5-9H2,1-4H3. The third-order valence-electron chi connectivity index (χ3n) is 3.23. The van der Waals surface area contributed by atoms with Crippen LogP contribution in [-0.4, -0.2) is 42.2 Å². The molecule has 6 heteroatoms. The van der Waals surface area contributed by atoms with E-state index in [-0.39, 0.29) is 0 Å². The summed E-state index contributed by atoms with van der Waals surface area (Å²) in [6, 6.07) is 0.488. The normalized spacial score (nSPS) is 19.9. The van der Waals surface area contributed by atoms with Crippen LogP contribution in [0.3, 0.4) is 0 Å². The Morgan fingerprint density at radius 1 is 1.50 bits per heavy atom. The molecule has 1 saturated heterocycles. The maximum absolute atomic E-state index is 5.29. The fourth-order valence-corrected chi connectivity index (χ4v) is 4.24. The lowest BCUT2D eigenvalue weighted by Crippen LogP contribution is -2.36. The van der Waals surface area contributed by atoms with Gasteiger partial charge in [-0.15, -0.1) is 11.3 Å². The molecule has 114 valence electrons. The van der Waals surface area contributed by atoms with E-state index >= 15 is 0 Å². The molecule has 1 atom stereocenters. The summed E-state index contributed by atoms with van der Waals surface area (Å²) >= 11 is 3.86. The second-order valence-corrected chi connectivity index (χ2v) is 8.07. The van der Waals surface area contributed by atoms with Crippen molar-refractivity contribution < 1.29 is 4.74 Å². The molecular weight excluding hydrogens is 290 g/mol. The molecule has 0 aliphatic carbocycles. The van der Waals surface area contributed by atoms with Gasteiger partial charge in [0.05, 0.1) is 12.3 Å². The maximum atomic E-state index is 5.29. The maximum Gasteiger partial charge on any atom is 0.185 e. The number of nitrogens with zero attached hydrogens (tertiary/aromatic N) is 2. The summed E-state index contributed by atoms with van der Waals surface area (Å²) in [4.78, 5) is 8.53. The lowest BCUT2D eigenvalue weighted by Gasteiger charge is -2.30. The van der Waals surface area contributed by atoms with Crippen molar-refractivity contribution in [2.24, 2.45) is 0 Å². The van der Waals surface area contributed by atoms with Gasteiger partial charge in [0.2, 0.25) is 0 Å². The first kappa shape index (κ1) is 16.1. The number of methoxy groups -OCH3 is 1. The van der Waals surface area contributed by atoms with E-state index in [0.29, 0.717) is 17.9 Å². The van der Waals surface area contributed by atoms with Crippen LogP contribution in [0.2, 0.25) is 0 Å². The van der Waals surface area contributed by atoms with Gasteiger partial charge in [0.15, 0.2) is 5.13 Å². The number of aromatic nitrogens is 1. The summed E-state index contributed by atoms with van der Waals surface area (Å²) < 4.78 is 5.29. The van der Waals surface area contributed by atoms with Gasteiger partial charge in [0.25, 0.3) is 0 Å². The van der Waals surface area contributed by atoms with E-state index in [1.165, 1.54) is 10.6 Å². The highest BCUT2D eigenvalue weighted by molar-refractivity contribution is 8.00. The van der Waals surface area contributed by atoms with Gasteiger partial charge in [-0.05, 0) is 0 Å². The number of thiazole rings is 1. The van der Waals surface area contributed by atoms with Crippen molar-refractivity contribution in [2.75, 3.05) is 30.9 Å². The molecular formula is C14H25N3OS2. The van der Waals surface area contributed by atoms with Crippen molar-refractivity contribution in [1.82, 2.24) is 10.3 Å². The van der Waals surface area contributed by atoms with Crippen molar-refractivity contribution in [1.29, 1.82) is 0 Å². The van der Waals surface area contributed by atoms with E-state index in [9.17, 15) is 0 Å². The predicted molar refractivity (Wildman–Crippen MR) is 88.9 cm³/mol. The summed E-state index contributed by atoms with van der Waals surface area (Å²) in [6.45, 7) is 10.3. The lowest BCUT2D eigenvalue weighted by molar-refractivity contribution is 0.181. The van der Waals surface area contributed by atoms with Gasteiger partial charge >= 0.3 is 0 Å². The highest BCUT2D eigenvalue weighted by Crippen LogP contribution is 2.30. The minimum atomic E-state index is 0.488. The van der Waals surface area contributed by atoms with Crippen LogP contribution in [0.4, 0.5) is 5.13 Å². The van der Waals surface area contributed by atoms with E-state index in [4.69, 9.17) is 9.72 Å². The van der Waals surface area contributed by atoms with Crippen molar-refractivity contribution in [3.63, 3.8) is 0 Å². The number of hydrogen-bond donors (Lipinski definition) is 1. The highest BCUT2D eigenvalue weighted by atomic mass is 32.2. The predicted octanol–water partition coefficient (Wildman–Crippen LogP) is 2.73. The number of nitrogens with one attached hydrogen (secondary N) is 1. The molecule has 0 aromatic carbocycles. The van der Waals surface area contributed by atoms with Gasteiger partial charge in [0, 0.05) is 48.7 Å². The molecule has 0 spiro atoms. The first-order valence-electron chi connectivity index (χ1n) is 7.17. The summed E-state index contributed by atoms with van der Waals surface area (Å²) in [5.41, 5.74) is 1.09. The van der Waals surface area contributed by atoms with E-state index in [0.717, 1.165) is 30.5 Å². The quantitative estimate of drug-likeness (QED) is 0.873. The summed E-state index contributed by atoms with van der Waals surface area (Å²) in [5.74, 6) is 1.19. The molecule has 20 heavy (non-hydrogen) atoms. The molecule has 1 aliphatic heterocycles. The molecule has 0 bridgehead atoms. The summed E-state index contributed by atoms with van der Waals surface area (Å²) in [6.07, 6.45) is 0. The van der Waals surface area contributed by atoms with Gasteiger partial charge in [-0.2, -0.15) is 11.8 Å². The molecule has 2 rings (SSSR count). The largest absolute Gasteiger partial charge is 0.378 e. The fourth-order valence-electron chi connectivity index (χ4n) is 2.18. The zero-order valence-corrected chi connectivity index (χ0v) is 14.4. The molecule has 0 radical (unpaired) electrons. The second kappa shape index (κ2) is 7.64. The van der Waals surface area contributed by atoms with Crippen LogP contribution in [0.15, 0.2) is 0 Å². The Morgan fingerprint density at radius 2 is 2.30 bits per heavy atom. The van der Waals surface area contributed by atoms with Gasteiger partial charge in [-0.25, -0.2) is 4.98 Å². The van der Waals surface area contributed by atoms with Crippen molar-refractivity contribution >= 4 is 28.2 Å². The number of ether oxygens (including phenoxy) is 1. The van der Waals surface area contributed by atoms with E-state index in [1.54, 1.807) is 7.11 Å². The Kier molecular flexibility index (Phi) is 6.14. The van der Waals surface area contributed by atoms with Crippen LogP contribution >= 0.6 is 23.1 Å².